The van der Waals surface area contributed by atoms with E-state index in [1.165, 1.54) is 18.5 Å². The van der Waals surface area contributed by atoms with E-state index in [1.807, 2.05) is 12.1 Å². The summed E-state index contributed by atoms with van der Waals surface area (Å²) in [7, 11) is 0. The van der Waals surface area contributed by atoms with E-state index in [1.54, 1.807) is 0 Å². The number of carbonyl (C=O) groups excluding carboxylic acids is 1. The van der Waals surface area contributed by atoms with Crippen LogP contribution in [0.15, 0.2) is 24.3 Å². The number of nitrogens with zero attached hydrogens (tertiary/aromatic N) is 1. The SMILES string of the molecule is CCCN1CCC(NC(=O)CCCOc2ccc(C(C)(C)C)cc2)CC1. The van der Waals surface area contributed by atoms with E-state index in [4.69, 9.17) is 4.74 Å². The van der Waals surface area contributed by atoms with Gasteiger partial charge in [0.05, 0.1) is 6.61 Å². The molecule has 0 atom stereocenters. The maximum absolute atomic E-state index is 12.1. The molecule has 26 heavy (non-hydrogen) atoms. The molecule has 1 N–H and O–H groups in total. The van der Waals surface area contributed by atoms with Crippen LogP contribution in [0.4, 0.5) is 0 Å². The Bertz CT molecular complexity index is 540. The molecule has 0 bridgehead atoms. The van der Waals surface area contributed by atoms with Gasteiger partial charge in [-0.3, -0.25) is 4.79 Å². The Balaban J connectivity index is 1.60. The topological polar surface area (TPSA) is 41.6 Å². The van der Waals surface area contributed by atoms with Crippen LogP contribution in [0.5, 0.6) is 5.75 Å². The molecule has 2 rings (SSSR count). The minimum Gasteiger partial charge on any atom is -0.494 e. The number of benzene rings is 1. The molecule has 0 aliphatic carbocycles. The first-order valence-corrected chi connectivity index (χ1v) is 10.1. The van der Waals surface area contributed by atoms with Gasteiger partial charge in [-0.2, -0.15) is 0 Å². The summed E-state index contributed by atoms with van der Waals surface area (Å²) in [4.78, 5) is 14.6. The van der Waals surface area contributed by atoms with Crippen molar-refractivity contribution in [1.29, 1.82) is 0 Å². The first-order valence-electron chi connectivity index (χ1n) is 10.1. The van der Waals surface area contributed by atoms with E-state index in [9.17, 15) is 4.79 Å². The Hall–Kier alpha value is -1.55. The molecule has 0 aromatic heterocycles. The van der Waals surface area contributed by atoms with Crippen molar-refractivity contribution in [3.05, 3.63) is 29.8 Å². The van der Waals surface area contributed by atoms with E-state index in [2.05, 4.69) is 50.0 Å². The van der Waals surface area contributed by atoms with Crippen molar-refractivity contribution in [2.45, 2.75) is 71.3 Å². The summed E-state index contributed by atoms with van der Waals surface area (Å²) >= 11 is 0. The normalized spacial score (nSPS) is 16.5. The zero-order valence-electron chi connectivity index (χ0n) is 17.0. The summed E-state index contributed by atoms with van der Waals surface area (Å²) < 4.78 is 5.77. The van der Waals surface area contributed by atoms with Crippen molar-refractivity contribution in [2.75, 3.05) is 26.2 Å². The lowest BCUT2D eigenvalue weighted by Crippen LogP contribution is -2.44. The Labute approximate surface area is 159 Å². The largest absolute Gasteiger partial charge is 0.494 e. The summed E-state index contributed by atoms with van der Waals surface area (Å²) in [6.07, 6.45) is 4.64. The van der Waals surface area contributed by atoms with Crippen molar-refractivity contribution >= 4 is 5.91 Å². The smallest absolute Gasteiger partial charge is 0.220 e. The minimum atomic E-state index is 0.156. The summed E-state index contributed by atoms with van der Waals surface area (Å²) in [5.41, 5.74) is 1.46. The zero-order chi connectivity index (χ0) is 19.0. The monoisotopic (exact) mass is 360 g/mol. The predicted octanol–water partition coefficient (Wildman–Crippen LogP) is 4.13. The highest BCUT2D eigenvalue weighted by Crippen LogP contribution is 2.24. The molecule has 1 aliphatic heterocycles. The fraction of sp³-hybridized carbons (Fsp3) is 0.682. The average Bonchev–Trinajstić information content (AvgIpc) is 2.60. The molecule has 1 aromatic rings. The summed E-state index contributed by atoms with van der Waals surface area (Å²) in [6, 6.07) is 8.62. The van der Waals surface area contributed by atoms with E-state index >= 15 is 0 Å². The number of likely N-dealkylation sites (tertiary alicyclic amines) is 1. The van der Waals surface area contributed by atoms with Crippen molar-refractivity contribution in [3.8, 4) is 5.75 Å². The summed E-state index contributed by atoms with van der Waals surface area (Å²) in [5, 5.41) is 3.18. The van der Waals surface area contributed by atoms with E-state index < -0.39 is 0 Å². The van der Waals surface area contributed by atoms with Crippen LogP contribution in [-0.2, 0) is 10.2 Å². The highest BCUT2D eigenvalue weighted by molar-refractivity contribution is 5.76. The number of hydrogen-bond donors (Lipinski definition) is 1. The van der Waals surface area contributed by atoms with Gasteiger partial charge in [0.1, 0.15) is 5.75 Å². The molecule has 1 saturated heterocycles. The van der Waals surface area contributed by atoms with Crippen LogP contribution in [0.3, 0.4) is 0 Å². The number of nitrogens with one attached hydrogen (secondary N) is 1. The molecular formula is C22H36N2O2. The molecule has 1 heterocycles. The van der Waals surface area contributed by atoms with Gasteiger partial charge in [0.15, 0.2) is 0 Å². The second kappa shape index (κ2) is 9.96. The molecule has 1 aliphatic rings. The highest BCUT2D eigenvalue weighted by Gasteiger charge is 2.19. The van der Waals surface area contributed by atoms with Gasteiger partial charge >= 0.3 is 0 Å². The lowest BCUT2D eigenvalue weighted by atomic mass is 9.87. The molecule has 1 aromatic carbocycles. The van der Waals surface area contributed by atoms with E-state index in [-0.39, 0.29) is 11.3 Å². The maximum Gasteiger partial charge on any atom is 0.220 e. The first kappa shape index (κ1) is 20.8. The molecule has 0 radical (unpaired) electrons. The number of carbonyl (C=O) groups is 1. The predicted molar refractivity (Wildman–Crippen MR) is 108 cm³/mol. The van der Waals surface area contributed by atoms with Gasteiger partial charge in [0.25, 0.3) is 0 Å². The van der Waals surface area contributed by atoms with Crippen LogP contribution in [0.1, 0.15) is 65.4 Å². The van der Waals surface area contributed by atoms with E-state index in [0.29, 0.717) is 19.1 Å². The van der Waals surface area contributed by atoms with Gasteiger partial charge in [-0.15, -0.1) is 0 Å². The second-order valence-corrected chi connectivity index (χ2v) is 8.41. The van der Waals surface area contributed by atoms with Crippen LogP contribution >= 0.6 is 0 Å². The number of amides is 1. The lowest BCUT2D eigenvalue weighted by molar-refractivity contribution is -0.122. The van der Waals surface area contributed by atoms with Gasteiger partial charge in [-0.1, -0.05) is 39.8 Å². The van der Waals surface area contributed by atoms with Crippen LogP contribution in [-0.4, -0.2) is 43.1 Å². The van der Waals surface area contributed by atoms with Crippen LogP contribution in [0, 0.1) is 0 Å². The fourth-order valence-corrected chi connectivity index (χ4v) is 3.39. The third kappa shape index (κ3) is 6.99. The minimum absolute atomic E-state index is 0.156. The Kier molecular flexibility index (Phi) is 7.95. The number of hydrogen-bond acceptors (Lipinski definition) is 3. The average molecular weight is 361 g/mol. The van der Waals surface area contributed by atoms with Crippen LogP contribution in [0.25, 0.3) is 0 Å². The van der Waals surface area contributed by atoms with Gasteiger partial charge in [-0.05, 0) is 55.3 Å². The molecule has 146 valence electrons. The summed E-state index contributed by atoms with van der Waals surface area (Å²) in [5.74, 6) is 1.03. The fourth-order valence-electron chi connectivity index (χ4n) is 3.39. The molecular weight excluding hydrogens is 324 g/mol. The van der Waals surface area contributed by atoms with Crippen molar-refractivity contribution in [1.82, 2.24) is 10.2 Å². The summed E-state index contributed by atoms with van der Waals surface area (Å²) in [6.45, 7) is 12.8. The molecule has 4 heteroatoms. The molecule has 4 nitrogen and oxygen atoms in total. The third-order valence-electron chi connectivity index (χ3n) is 5.03. The molecule has 0 unspecified atom stereocenters. The van der Waals surface area contributed by atoms with Gasteiger partial charge in [0.2, 0.25) is 5.91 Å². The number of piperidine rings is 1. The molecule has 1 amide bonds. The van der Waals surface area contributed by atoms with Crippen molar-refractivity contribution in [2.24, 2.45) is 0 Å². The van der Waals surface area contributed by atoms with Gasteiger partial charge in [0, 0.05) is 25.6 Å². The zero-order valence-corrected chi connectivity index (χ0v) is 17.0. The number of ether oxygens (including phenoxy) is 1. The van der Waals surface area contributed by atoms with Crippen LogP contribution in [0.2, 0.25) is 0 Å². The van der Waals surface area contributed by atoms with Gasteiger partial charge < -0.3 is 15.0 Å². The van der Waals surface area contributed by atoms with Crippen LogP contribution < -0.4 is 10.1 Å². The second-order valence-electron chi connectivity index (χ2n) is 8.41. The van der Waals surface area contributed by atoms with E-state index in [0.717, 1.165) is 38.1 Å². The van der Waals surface area contributed by atoms with Crippen molar-refractivity contribution < 1.29 is 9.53 Å². The Morgan fingerprint density at radius 2 is 1.85 bits per heavy atom. The Morgan fingerprint density at radius 3 is 2.42 bits per heavy atom. The molecule has 0 saturated carbocycles. The quantitative estimate of drug-likeness (QED) is 0.709. The van der Waals surface area contributed by atoms with Gasteiger partial charge in [-0.25, -0.2) is 0 Å². The first-order chi connectivity index (χ1) is 12.4. The lowest BCUT2D eigenvalue weighted by Gasteiger charge is -2.32. The van der Waals surface area contributed by atoms with Crippen molar-refractivity contribution in [3.63, 3.8) is 0 Å². The highest BCUT2D eigenvalue weighted by atomic mass is 16.5. The molecule has 0 spiro atoms. The maximum atomic E-state index is 12.1. The standard InChI is InChI=1S/C22H36N2O2/c1-5-14-24-15-12-19(13-16-24)23-21(25)7-6-17-26-20-10-8-18(9-11-20)22(2,3)4/h8-11,19H,5-7,12-17H2,1-4H3,(H,23,25). The Morgan fingerprint density at radius 1 is 1.19 bits per heavy atom. The number of rotatable bonds is 8. The third-order valence-corrected chi connectivity index (χ3v) is 5.03. The molecule has 1 fully saturated rings.